The summed E-state index contributed by atoms with van der Waals surface area (Å²) in [7, 11) is 0. The molecule has 1 atom stereocenters. The highest BCUT2D eigenvalue weighted by Gasteiger charge is 2.28. The van der Waals surface area contributed by atoms with Crippen molar-refractivity contribution in [3.63, 3.8) is 0 Å². The molecule has 1 aromatic rings. The van der Waals surface area contributed by atoms with Gasteiger partial charge in [0.15, 0.2) is 0 Å². The Bertz CT molecular complexity index is 364. The minimum Gasteiger partial charge on any atom is -0.274 e. The van der Waals surface area contributed by atoms with Gasteiger partial charge >= 0.3 is 0 Å². The Kier molecular flexibility index (Phi) is 2.40. The molecule has 14 heavy (non-hydrogen) atoms. The standard InChI is InChI=1S/C12H15NS/c1-9-4-10(2)6-11(5-9)12(3)7-14-8-13-12/h4-6,8H,7H2,1-3H3. The first-order chi connectivity index (χ1) is 6.60. The third-order valence-corrected chi connectivity index (χ3v) is 3.60. The van der Waals surface area contributed by atoms with Crippen molar-refractivity contribution in [3.05, 3.63) is 34.9 Å². The fourth-order valence-electron chi connectivity index (χ4n) is 1.83. The number of thioether (sulfide) groups is 1. The fraction of sp³-hybridized carbons (Fsp3) is 0.417. The highest BCUT2D eigenvalue weighted by molar-refractivity contribution is 8.12. The monoisotopic (exact) mass is 205 g/mol. The first-order valence-corrected chi connectivity index (χ1v) is 5.89. The maximum atomic E-state index is 4.56. The van der Waals surface area contributed by atoms with Crippen LogP contribution in [0.25, 0.3) is 0 Å². The molecule has 1 aromatic carbocycles. The Morgan fingerprint density at radius 1 is 1.21 bits per heavy atom. The van der Waals surface area contributed by atoms with E-state index in [-0.39, 0.29) is 5.54 Å². The van der Waals surface area contributed by atoms with Crippen LogP contribution in [0, 0.1) is 13.8 Å². The average molecular weight is 205 g/mol. The van der Waals surface area contributed by atoms with Crippen LogP contribution in [0.3, 0.4) is 0 Å². The molecular formula is C12H15NS. The summed E-state index contributed by atoms with van der Waals surface area (Å²) in [6.07, 6.45) is 0. The topological polar surface area (TPSA) is 12.4 Å². The highest BCUT2D eigenvalue weighted by atomic mass is 32.2. The lowest BCUT2D eigenvalue weighted by atomic mass is 9.92. The maximum Gasteiger partial charge on any atom is 0.0928 e. The van der Waals surface area contributed by atoms with Gasteiger partial charge in [-0.2, -0.15) is 0 Å². The molecule has 1 heterocycles. The molecule has 0 saturated heterocycles. The summed E-state index contributed by atoms with van der Waals surface area (Å²) in [6, 6.07) is 6.70. The third kappa shape index (κ3) is 1.71. The van der Waals surface area contributed by atoms with Crippen LogP contribution in [0.4, 0.5) is 0 Å². The molecule has 0 radical (unpaired) electrons. The summed E-state index contributed by atoms with van der Waals surface area (Å²) in [4.78, 5) is 4.56. The predicted molar refractivity (Wildman–Crippen MR) is 64.2 cm³/mol. The van der Waals surface area contributed by atoms with Crippen molar-refractivity contribution in [1.82, 2.24) is 0 Å². The maximum absolute atomic E-state index is 4.56. The molecule has 0 N–H and O–H groups in total. The smallest absolute Gasteiger partial charge is 0.0928 e. The van der Waals surface area contributed by atoms with Crippen molar-refractivity contribution in [1.29, 1.82) is 0 Å². The molecule has 0 spiro atoms. The van der Waals surface area contributed by atoms with Crippen LogP contribution >= 0.6 is 11.8 Å². The van der Waals surface area contributed by atoms with Gasteiger partial charge in [-0.05, 0) is 26.3 Å². The van der Waals surface area contributed by atoms with E-state index in [0.29, 0.717) is 0 Å². The predicted octanol–water partition coefficient (Wildman–Crippen LogP) is 3.29. The zero-order chi connectivity index (χ0) is 10.2. The normalized spacial score (nSPS) is 25.6. The van der Waals surface area contributed by atoms with Crippen molar-refractivity contribution in [2.75, 3.05) is 5.75 Å². The highest BCUT2D eigenvalue weighted by Crippen LogP contribution is 2.34. The van der Waals surface area contributed by atoms with Gasteiger partial charge in [0.05, 0.1) is 11.1 Å². The summed E-state index contributed by atoms with van der Waals surface area (Å²) in [5.74, 6) is 1.07. The number of aryl methyl sites for hydroxylation is 2. The van der Waals surface area contributed by atoms with Crippen LogP contribution in [0.1, 0.15) is 23.6 Å². The number of rotatable bonds is 1. The average Bonchev–Trinajstić information content (AvgIpc) is 2.52. The van der Waals surface area contributed by atoms with E-state index in [1.165, 1.54) is 16.7 Å². The Hall–Kier alpha value is -0.760. The van der Waals surface area contributed by atoms with Gasteiger partial charge in [0.1, 0.15) is 0 Å². The van der Waals surface area contributed by atoms with Crippen LogP contribution in [0.2, 0.25) is 0 Å². The van der Waals surface area contributed by atoms with Gasteiger partial charge in [0, 0.05) is 5.75 Å². The summed E-state index contributed by atoms with van der Waals surface area (Å²) in [6.45, 7) is 6.50. The van der Waals surface area contributed by atoms with E-state index in [9.17, 15) is 0 Å². The van der Waals surface area contributed by atoms with Crippen LogP contribution in [0.15, 0.2) is 23.2 Å². The molecule has 2 rings (SSSR count). The summed E-state index contributed by atoms with van der Waals surface area (Å²) in [5, 5.41) is 0. The van der Waals surface area contributed by atoms with Crippen molar-refractivity contribution >= 4 is 17.3 Å². The Morgan fingerprint density at radius 2 is 1.86 bits per heavy atom. The van der Waals surface area contributed by atoms with Gasteiger partial charge in [0.2, 0.25) is 0 Å². The first-order valence-electron chi connectivity index (χ1n) is 4.84. The van der Waals surface area contributed by atoms with Gasteiger partial charge in [-0.15, -0.1) is 11.8 Å². The second kappa shape index (κ2) is 3.43. The number of aliphatic imine (C=N–C) groups is 1. The molecule has 0 aliphatic carbocycles. The van der Waals surface area contributed by atoms with E-state index in [0.717, 1.165) is 5.75 Å². The van der Waals surface area contributed by atoms with E-state index in [1.807, 2.05) is 5.55 Å². The van der Waals surface area contributed by atoms with Crippen LogP contribution in [-0.4, -0.2) is 11.3 Å². The molecule has 1 unspecified atom stereocenters. The molecule has 0 aromatic heterocycles. The van der Waals surface area contributed by atoms with Crippen molar-refractivity contribution in [2.24, 2.45) is 4.99 Å². The second-order valence-electron chi connectivity index (χ2n) is 4.20. The quantitative estimate of drug-likeness (QED) is 0.685. The molecule has 1 aliphatic rings. The van der Waals surface area contributed by atoms with Crippen molar-refractivity contribution < 1.29 is 0 Å². The third-order valence-electron chi connectivity index (χ3n) is 2.62. The lowest BCUT2D eigenvalue weighted by molar-refractivity contribution is 0.580. The number of nitrogens with zero attached hydrogens (tertiary/aromatic N) is 1. The molecule has 0 amide bonds. The van der Waals surface area contributed by atoms with E-state index in [2.05, 4.69) is 44.0 Å². The molecule has 2 heteroatoms. The lowest BCUT2D eigenvalue weighted by Gasteiger charge is -2.21. The van der Waals surface area contributed by atoms with Crippen LogP contribution < -0.4 is 0 Å². The summed E-state index contributed by atoms with van der Waals surface area (Å²) >= 11 is 1.80. The number of hydrogen-bond donors (Lipinski definition) is 0. The zero-order valence-corrected chi connectivity index (χ0v) is 9.69. The molecule has 0 saturated carbocycles. The van der Waals surface area contributed by atoms with E-state index >= 15 is 0 Å². The Morgan fingerprint density at radius 3 is 2.36 bits per heavy atom. The number of hydrogen-bond acceptors (Lipinski definition) is 2. The molecule has 74 valence electrons. The van der Waals surface area contributed by atoms with Crippen LogP contribution in [-0.2, 0) is 5.54 Å². The van der Waals surface area contributed by atoms with Crippen LogP contribution in [0.5, 0.6) is 0 Å². The van der Waals surface area contributed by atoms with Gasteiger partial charge in [-0.3, -0.25) is 4.99 Å². The number of benzene rings is 1. The van der Waals surface area contributed by atoms with Gasteiger partial charge in [0.25, 0.3) is 0 Å². The molecule has 1 nitrogen and oxygen atoms in total. The largest absolute Gasteiger partial charge is 0.274 e. The van der Waals surface area contributed by atoms with E-state index in [1.54, 1.807) is 11.8 Å². The summed E-state index contributed by atoms with van der Waals surface area (Å²) < 4.78 is 0. The van der Waals surface area contributed by atoms with Gasteiger partial charge < -0.3 is 0 Å². The Labute approximate surface area is 89.6 Å². The molecule has 0 bridgehead atoms. The first kappa shape index (κ1) is 9.78. The van der Waals surface area contributed by atoms with Gasteiger partial charge in [-0.1, -0.05) is 29.3 Å². The van der Waals surface area contributed by atoms with E-state index < -0.39 is 0 Å². The fourth-order valence-corrected chi connectivity index (χ4v) is 2.78. The lowest BCUT2D eigenvalue weighted by Crippen LogP contribution is -2.19. The van der Waals surface area contributed by atoms with Crippen molar-refractivity contribution in [2.45, 2.75) is 26.3 Å². The SMILES string of the molecule is Cc1cc(C)cc(C2(C)CSC=N2)c1. The molecule has 1 aliphatic heterocycles. The Balaban J connectivity index is 2.45. The molecular weight excluding hydrogens is 190 g/mol. The van der Waals surface area contributed by atoms with E-state index in [4.69, 9.17) is 0 Å². The second-order valence-corrected chi connectivity index (χ2v) is 5.03. The summed E-state index contributed by atoms with van der Waals surface area (Å²) in [5.41, 5.74) is 5.97. The minimum atomic E-state index is 0.00144. The minimum absolute atomic E-state index is 0.00144. The van der Waals surface area contributed by atoms with Crippen molar-refractivity contribution in [3.8, 4) is 0 Å². The zero-order valence-electron chi connectivity index (χ0n) is 8.87. The van der Waals surface area contributed by atoms with Gasteiger partial charge in [-0.25, -0.2) is 0 Å². The molecule has 0 fully saturated rings.